The zero-order valence-corrected chi connectivity index (χ0v) is 14.4. The molecule has 0 saturated heterocycles. The molecule has 0 aromatic heterocycles. The third-order valence-corrected chi connectivity index (χ3v) is 4.87. The number of unbranched alkanes of at least 4 members (excludes halogenated alkanes) is 4. The van der Waals surface area contributed by atoms with Gasteiger partial charge in [0.05, 0.1) is 5.41 Å². The van der Waals surface area contributed by atoms with E-state index in [-0.39, 0.29) is 5.92 Å². The number of methoxy groups -OCH3 is 1. The van der Waals surface area contributed by atoms with Crippen molar-refractivity contribution in [3.05, 3.63) is 23.8 Å². The van der Waals surface area contributed by atoms with Crippen molar-refractivity contribution in [3.63, 3.8) is 0 Å². The molecule has 2 unspecified atom stereocenters. The van der Waals surface area contributed by atoms with Crippen LogP contribution in [0.25, 0.3) is 0 Å². The van der Waals surface area contributed by atoms with Gasteiger partial charge >= 0.3 is 5.97 Å². The summed E-state index contributed by atoms with van der Waals surface area (Å²) in [5.74, 6) is -0.578. The summed E-state index contributed by atoms with van der Waals surface area (Å²) in [7, 11) is 1.69. The Labute approximate surface area is 135 Å². The second-order valence-electron chi connectivity index (χ2n) is 6.31. The third-order valence-electron chi connectivity index (χ3n) is 4.87. The minimum Gasteiger partial charge on any atom is -0.481 e. The topological polar surface area (TPSA) is 46.5 Å². The molecule has 0 bridgehead atoms. The number of allylic oxidation sites excluding steroid dienone is 2. The van der Waals surface area contributed by atoms with Crippen molar-refractivity contribution in [3.8, 4) is 0 Å². The lowest BCUT2D eigenvalue weighted by molar-refractivity contribution is -0.149. The Bertz CT molecular complexity index is 397. The molecule has 0 saturated carbocycles. The quantitative estimate of drug-likeness (QED) is 0.548. The van der Waals surface area contributed by atoms with E-state index in [0.717, 1.165) is 32.1 Å². The van der Waals surface area contributed by atoms with Gasteiger partial charge in [0.1, 0.15) is 0 Å². The van der Waals surface area contributed by atoms with Crippen molar-refractivity contribution in [2.24, 2.45) is 11.3 Å². The molecule has 126 valence electrons. The molecular formula is C19H32O3. The highest BCUT2D eigenvalue weighted by Gasteiger charge is 2.44. The Hall–Kier alpha value is -1.09. The molecule has 0 aromatic rings. The minimum atomic E-state index is -0.723. The van der Waals surface area contributed by atoms with Gasteiger partial charge in [0, 0.05) is 13.7 Å². The van der Waals surface area contributed by atoms with Gasteiger partial charge in [-0.1, -0.05) is 69.8 Å². The summed E-state index contributed by atoms with van der Waals surface area (Å²) >= 11 is 0. The summed E-state index contributed by atoms with van der Waals surface area (Å²) < 4.78 is 5.18. The molecule has 0 aromatic carbocycles. The van der Waals surface area contributed by atoms with Gasteiger partial charge in [-0.15, -0.1) is 0 Å². The number of hydrogen-bond donors (Lipinski definition) is 1. The number of hydrogen-bond acceptors (Lipinski definition) is 2. The first-order chi connectivity index (χ1) is 10.6. The molecular weight excluding hydrogens is 276 g/mol. The molecule has 0 spiro atoms. The Morgan fingerprint density at radius 2 is 2.00 bits per heavy atom. The van der Waals surface area contributed by atoms with Crippen LogP contribution in [0.2, 0.25) is 0 Å². The lowest BCUT2D eigenvalue weighted by Gasteiger charge is -2.38. The average Bonchev–Trinajstić information content (AvgIpc) is 2.52. The number of ether oxygens (including phenoxy) is 1. The van der Waals surface area contributed by atoms with E-state index in [0.29, 0.717) is 6.61 Å². The lowest BCUT2D eigenvalue weighted by atomic mass is 9.64. The van der Waals surface area contributed by atoms with Gasteiger partial charge < -0.3 is 9.84 Å². The molecule has 0 radical (unpaired) electrons. The smallest absolute Gasteiger partial charge is 0.314 e. The van der Waals surface area contributed by atoms with Crippen LogP contribution in [0.4, 0.5) is 0 Å². The first-order valence-corrected chi connectivity index (χ1v) is 8.73. The van der Waals surface area contributed by atoms with Gasteiger partial charge in [-0.3, -0.25) is 4.79 Å². The van der Waals surface area contributed by atoms with Gasteiger partial charge in [0.15, 0.2) is 0 Å². The van der Waals surface area contributed by atoms with Crippen molar-refractivity contribution in [1.29, 1.82) is 0 Å². The fourth-order valence-electron chi connectivity index (χ4n) is 3.62. The summed E-state index contributed by atoms with van der Waals surface area (Å²) in [6.07, 6.45) is 14.2. The number of aliphatic carboxylic acids is 1. The molecule has 1 aliphatic carbocycles. The fraction of sp³-hybridized carbons (Fsp3) is 0.737. The van der Waals surface area contributed by atoms with Crippen molar-refractivity contribution >= 4 is 5.97 Å². The molecule has 3 nitrogen and oxygen atoms in total. The highest BCUT2D eigenvalue weighted by molar-refractivity contribution is 5.78. The van der Waals surface area contributed by atoms with E-state index >= 15 is 0 Å². The summed E-state index contributed by atoms with van der Waals surface area (Å²) in [6, 6.07) is 0. The number of carboxylic acids is 1. The van der Waals surface area contributed by atoms with Crippen LogP contribution in [0.1, 0.15) is 65.2 Å². The Balaban J connectivity index is 2.80. The van der Waals surface area contributed by atoms with E-state index in [1.807, 2.05) is 12.2 Å². The van der Waals surface area contributed by atoms with Crippen LogP contribution in [0.5, 0.6) is 0 Å². The highest BCUT2D eigenvalue weighted by atomic mass is 16.5. The van der Waals surface area contributed by atoms with E-state index in [1.165, 1.54) is 24.8 Å². The summed E-state index contributed by atoms with van der Waals surface area (Å²) in [6.45, 7) is 4.95. The summed E-state index contributed by atoms with van der Waals surface area (Å²) in [5, 5.41) is 9.93. The SMILES string of the molecule is CCCCCCCC1(C(=O)O)C=CC=C(CCOC)C1CC. The minimum absolute atomic E-state index is 0.0938. The van der Waals surface area contributed by atoms with Gasteiger partial charge in [0.2, 0.25) is 0 Å². The van der Waals surface area contributed by atoms with Crippen molar-refractivity contribution < 1.29 is 14.6 Å². The molecule has 1 N–H and O–H groups in total. The molecule has 1 aliphatic rings. The third kappa shape index (κ3) is 4.70. The molecule has 1 rings (SSSR count). The average molecular weight is 308 g/mol. The normalized spacial score (nSPS) is 24.3. The van der Waals surface area contributed by atoms with E-state index in [9.17, 15) is 9.90 Å². The maximum Gasteiger partial charge on any atom is 0.314 e. The number of carbonyl (C=O) groups is 1. The zero-order chi connectivity index (χ0) is 16.4. The van der Waals surface area contributed by atoms with Crippen molar-refractivity contribution in [1.82, 2.24) is 0 Å². The van der Waals surface area contributed by atoms with Crippen LogP contribution in [0.3, 0.4) is 0 Å². The predicted molar refractivity (Wildman–Crippen MR) is 90.9 cm³/mol. The zero-order valence-electron chi connectivity index (χ0n) is 14.4. The Morgan fingerprint density at radius 3 is 2.59 bits per heavy atom. The van der Waals surface area contributed by atoms with Gasteiger partial charge in [-0.25, -0.2) is 0 Å². The van der Waals surface area contributed by atoms with E-state index in [2.05, 4.69) is 19.9 Å². The largest absolute Gasteiger partial charge is 0.481 e. The lowest BCUT2D eigenvalue weighted by Crippen LogP contribution is -2.39. The standard InChI is InChI=1S/C19H32O3/c1-4-6-7-8-9-13-19(18(20)21)14-10-11-16(12-15-22-3)17(19)5-2/h10-11,14,17H,4-9,12-13,15H2,1-3H3,(H,20,21). The van der Waals surface area contributed by atoms with Crippen LogP contribution >= 0.6 is 0 Å². The molecule has 0 fully saturated rings. The maximum absolute atomic E-state index is 12.1. The van der Waals surface area contributed by atoms with E-state index < -0.39 is 11.4 Å². The molecule has 0 amide bonds. The van der Waals surface area contributed by atoms with Gasteiger partial charge in [-0.2, -0.15) is 0 Å². The Morgan fingerprint density at radius 1 is 1.27 bits per heavy atom. The fourth-order valence-corrected chi connectivity index (χ4v) is 3.62. The highest BCUT2D eigenvalue weighted by Crippen LogP contribution is 2.45. The molecule has 22 heavy (non-hydrogen) atoms. The first-order valence-electron chi connectivity index (χ1n) is 8.73. The van der Waals surface area contributed by atoms with E-state index in [4.69, 9.17) is 4.74 Å². The molecule has 0 heterocycles. The van der Waals surface area contributed by atoms with Crippen molar-refractivity contribution in [2.75, 3.05) is 13.7 Å². The van der Waals surface area contributed by atoms with Crippen LogP contribution in [0.15, 0.2) is 23.8 Å². The van der Waals surface area contributed by atoms with Crippen LogP contribution < -0.4 is 0 Å². The first kappa shape index (κ1) is 19.0. The van der Waals surface area contributed by atoms with Gasteiger partial charge in [-0.05, 0) is 25.2 Å². The van der Waals surface area contributed by atoms with Gasteiger partial charge in [0.25, 0.3) is 0 Å². The molecule has 2 atom stereocenters. The Kier molecular flexibility index (Phi) is 8.47. The van der Waals surface area contributed by atoms with Crippen molar-refractivity contribution in [2.45, 2.75) is 65.2 Å². The second kappa shape index (κ2) is 9.83. The summed E-state index contributed by atoms with van der Waals surface area (Å²) in [4.78, 5) is 12.1. The van der Waals surface area contributed by atoms with Crippen LogP contribution in [0, 0.1) is 11.3 Å². The number of carboxylic acid groups (broad SMARTS) is 1. The summed E-state index contributed by atoms with van der Waals surface area (Å²) in [5.41, 5.74) is 0.501. The van der Waals surface area contributed by atoms with Crippen LogP contribution in [-0.2, 0) is 9.53 Å². The predicted octanol–water partition coefficient (Wildman–Crippen LogP) is 4.98. The monoisotopic (exact) mass is 308 g/mol. The maximum atomic E-state index is 12.1. The van der Waals surface area contributed by atoms with Crippen LogP contribution in [-0.4, -0.2) is 24.8 Å². The molecule has 3 heteroatoms. The molecule has 0 aliphatic heterocycles. The number of rotatable bonds is 11. The van der Waals surface area contributed by atoms with E-state index in [1.54, 1.807) is 7.11 Å². The second-order valence-corrected chi connectivity index (χ2v) is 6.31.